The Bertz CT molecular complexity index is 986. The van der Waals surface area contributed by atoms with E-state index in [9.17, 15) is 4.79 Å². The molecule has 0 spiro atoms. The van der Waals surface area contributed by atoms with Crippen LogP contribution >= 0.6 is 0 Å². The normalized spacial score (nSPS) is 17.1. The molecule has 1 aromatic heterocycles. The highest BCUT2D eigenvalue weighted by molar-refractivity contribution is 5.99. The largest absolute Gasteiger partial charge is 0.505 e. The molecule has 1 aliphatic carbocycles. The molecule has 4 rings (SSSR count). The second-order valence-electron chi connectivity index (χ2n) is 10.2. The molecule has 6 nitrogen and oxygen atoms in total. The summed E-state index contributed by atoms with van der Waals surface area (Å²) in [6, 6.07) is 9.00. The van der Waals surface area contributed by atoms with Gasteiger partial charge in [-0.15, -0.1) is 6.58 Å². The SMILES string of the molecule is C=CCn1c(C(=O)NC2CCCCC2)cc2cc(OC)ccc21.CC.CC/C=C/OC.CCCN1CCCC1C. The third kappa shape index (κ3) is 11.8. The summed E-state index contributed by atoms with van der Waals surface area (Å²) in [5.41, 5.74) is 1.72. The molecular formula is C34H57N3O3. The van der Waals surface area contributed by atoms with Crippen LogP contribution in [0.25, 0.3) is 10.9 Å². The van der Waals surface area contributed by atoms with Gasteiger partial charge in [0.1, 0.15) is 11.4 Å². The summed E-state index contributed by atoms with van der Waals surface area (Å²) in [6.45, 7) is 17.7. The van der Waals surface area contributed by atoms with Gasteiger partial charge < -0.3 is 24.3 Å². The third-order valence-corrected chi connectivity index (χ3v) is 7.26. The Balaban J connectivity index is 0.000000387. The number of carbonyl (C=O) groups excluding carboxylic acids is 1. The Labute approximate surface area is 244 Å². The Morgan fingerprint density at radius 2 is 1.80 bits per heavy atom. The molecule has 226 valence electrons. The molecule has 2 aromatic rings. The first-order valence-electron chi connectivity index (χ1n) is 15.5. The number of ether oxygens (including phenoxy) is 2. The van der Waals surface area contributed by atoms with E-state index in [1.54, 1.807) is 20.5 Å². The topological polar surface area (TPSA) is 55.7 Å². The maximum atomic E-state index is 12.7. The van der Waals surface area contributed by atoms with Gasteiger partial charge in [0, 0.05) is 29.5 Å². The molecular weight excluding hydrogens is 498 g/mol. The first-order valence-corrected chi connectivity index (χ1v) is 15.5. The monoisotopic (exact) mass is 555 g/mol. The van der Waals surface area contributed by atoms with Crippen molar-refractivity contribution >= 4 is 16.8 Å². The van der Waals surface area contributed by atoms with Crippen LogP contribution in [0.2, 0.25) is 0 Å². The number of benzene rings is 1. The molecule has 0 bridgehead atoms. The van der Waals surface area contributed by atoms with Crippen molar-refractivity contribution < 1.29 is 14.3 Å². The molecule has 1 unspecified atom stereocenters. The minimum absolute atomic E-state index is 0.00826. The van der Waals surface area contributed by atoms with E-state index < -0.39 is 0 Å². The lowest BCUT2D eigenvalue weighted by Crippen LogP contribution is -2.37. The van der Waals surface area contributed by atoms with Crippen molar-refractivity contribution in [3.63, 3.8) is 0 Å². The van der Waals surface area contributed by atoms with Crippen LogP contribution in [0.4, 0.5) is 0 Å². The van der Waals surface area contributed by atoms with Gasteiger partial charge in [-0.1, -0.05) is 59.1 Å². The molecule has 2 aliphatic rings. The number of aromatic nitrogens is 1. The van der Waals surface area contributed by atoms with E-state index in [4.69, 9.17) is 4.74 Å². The van der Waals surface area contributed by atoms with Crippen LogP contribution in [0.1, 0.15) is 103 Å². The Morgan fingerprint density at radius 3 is 2.33 bits per heavy atom. The smallest absolute Gasteiger partial charge is 0.268 e. The zero-order chi connectivity index (χ0) is 29.8. The van der Waals surface area contributed by atoms with Crippen LogP contribution in [0.15, 0.2) is 49.3 Å². The summed E-state index contributed by atoms with van der Waals surface area (Å²) in [5.74, 6) is 0.807. The third-order valence-electron chi connectivity index (χ3n) is 7.26. The second-order valence-corrected chi connectivity index (χ2v) is 10.2. The number of allylic oxidation sites excluding steroid dienone is 2. The van der Waals surface area contributed by atoms with Gasteiger partial charge in [0.25, 0.3) is 5.91 Å². The lowest BCUT2D eigenvalue weighted by Gasteiger charge is -2.23. The van der Waals surface area contributed by atoms with Crippen LogP contribution in [0, 0.1) is 0 Å². The minimum Gasteiger partial charge on any atom is -0.505 e. The average Bonchev–Trinajstić information content (AvgIpc) is 3.57. The number of nitrogens with zero attached hydrogens (tertiary/aromatic N) is 2. The van der Waals surface area contributed by atoms with E-state index in [1.165, 1.54) is 51.6 Å². The van der Waals surface area contributed by atoms with Gasteiger partial charge in [-0.2, -0.15) is 0 Å². The highest BCUT2D eigenvalue weighted by Crippen LogP contribution is 2.25. The summed E-state index contributed by atoms with van der Waals surface area (Å²) in [6.07, 6.45) is 16.5. The molecule has 1 aliphatic heterocycles. The van der Waals surface area contributed by atoms with Gasteiger partial charge in [-0.3, -0.25) is 4.79 Å². The zero-order valence-electron chi connectivity index (χ0n) is 26.5. The van der Waals surface area contributed by atoms with E-state index in [1.807, 2.05) is 54.8 Å². The lowest BCUT2D eigenvalue weighted by molar-refractivity contribution is 0.0919. The number of amides is 1. The van der Waals surface area contributed by atoms with Crippen molar-refractivity contribution in [2.24, 2.45) is 0 Å². The van der Waals surface area contributed by atoms with E-state index in [0.29, 0.717) is 18.3 Å². The summed E-state index contributed by atoms with van der Waals surface area (Å²) in [7, 11) is 3.30. The predicted molar refractivity (Wildman–Crippen MR) is 171 cm³/mol. The number of likely N-dealkylation sites (tertiary alicyclic amines) is 1. The molecule has 1 atom stereocenters. The van der Waals surface area contributed by atoms with E-state index in [2.05, 4.69) is 42.3 Å². The Morgan fingerprint density at radius 1 is 1.07 bits per heavy atom. The van der Waals surface area contributed by atoms with Gasteiger partial charge in [-0.25, -0.2) is 0 Å². The van der Waals surface area contributed by atoms with Crippen molar-refractivity contribution in [2.45, 2.75) is 111 Å². The highest BCUT2D eigenvalue weighted by Gasteiger charge is 2.20. The molecule has 1 N–H and O–H groups in total. The van der Waals surface area contributed by atoms with Gasteiger partial charge in [0.05, 0.1) is 20.5 Å². The molecule has 1 aromatic carbocycles. The maximum absolute atomic E-state index is 12.7. The fourth-order valence-electron chi connectivity index (χ4n) is 5.20. The standard InChI is InChI=1S/C19H24N2O2.C8H17N.C5H10O.C2H6/c1-3-11-21-17-10-9-16(23-2)12-14(17)13-18(21)19(22)20-15-7-5-4-6-8-15;1-3-6-9-7-4-5-8(9)2;1-3-4-5-6-2;1-2/h3,9-10,12-13,15H,1,4-8,11H2,2H3,(H,20,22);8H,3-7H2,1-2H3;4-5H,3H2,1-2H3;1-2H3/b;;5-4+;. The summed E-state index contributed by atoms with van der Waals surface area (Å²) in [4.78, 5) is 15.3. The van der Waals surface area contributed by atoms with Gasteiger partial charge >= 0.3 is 0 Å². The van der Waals surface area contributed by atoms with Gasteiger partial charge in [0.15, 0.2) is 0 Å². The van der Waals surface area contributed by atoms with Gasteiger partial charge in [-0.05, 0) is 82.8 Å². The highest BCUT2D eigenvalue weighted by atomic mass is 16.5. The maximum Gasteiger partial charge on any atom is 0.268 e. The zero-order valence-corrected chi connectivity index (χ0v) is 26.5. The van der Waals surface area contributed by atoms with E-state index in [0.717, 1.165) is 42.0 Å². The number of hydrogen-bond acceptors (Lipinski definition) is 4. The number of hydrogen-bond donors (Lipinski definition) is 1. The number of rotatable bonds is 9. The molecule has 1 amide bonds. The summed E-state index contributed by atoms with van der Waals surface area (Å²) >= 11 is 0. The molecule has 40 heavy (non-hydrogen) atoms. The fourth-order valence-corrected chi connectivity index (χ4v) is 5.20. The van der Waals surface area contributed by atoms with E-state index >= 15 is 0 Å². The van der Waals surface area contributed by atoms with Crippen LogP contribution < -0.4 is 10.1 Å². The van der Waals surface area contributed by atoms with Crippen LogP contribution in [0.3, 0.4) is 0 Å². The van der Waals surface area contributed by atoms with Crippen molar-refractivity contribution in [3.8, 4) is 5.75 Å². The molecule has 0 radical (unpaired) electrons. The van der Waals surface area contributed by atoms with Crippen molar-refractivity contribution in [3.05, 3.63) is 55.0 Å². The Hall–Kier alpha value is -2.73. The number of methoxy groups -OCH3 is 2. The quantitative estimate of drug-likeness (QED) is 0.249. The minimum atomic E-state index is 0.00826. The number of carbonyl (C=O) groups is 1. The van der Waals surface area contributed by atoms with Crippen molar-refractivity contribution in [2.75, 3.05) is 27.3 Å². The average molecular weight is 556 g/mol. The predicted octanol–water partition coefficient (Wildman–Crippen LogP) is 8.36. The van der Waals surface area contributed by atoms with E-state index in [-0.39, 0.29) is 5.91 Å². The Kier molecular flexibility index (Phi) is 18.6. The fraction of sp³-hybridized carbons (Fsp3) is 0.618. The number of fused-ring (bicyclic) bond motifs is 1. The van der Waals surface area contributed by atoms with Gasteiger partial charge in [0.2, 0.25) is 0 Å². The molecule has 2 heterocycles. The number of nitrogens with one attached hydrogen (secondary N) is 1. The van der Waals surface area contributed by atoms with Crippen molar-refractivity contribution in [1.82, 2.24) is 14.8 Å². The van der Waals surface area contributed by atoms with Crippen LogP contribution in [0.5, 0.6) is 5.75 Å². The lowest BCUT2D eigenvalue weighted by atomic mass is 9.95. The molecule has 1 saturated heterocycles. The first-order chi connectivity index (χ1) is 19.5. The second kappa shape index (κ2) is 21.1. The summed E-state index contributed by atoms with van der Waals surface area (Å²) < 4.78 is 11.9. The van der Waals surface area contributed by atoms with Crippen LogP contribution in [-0.4, -0.2) is 54.8 Å². The molecule has 1 saturated carbocycles. The van der Waals surface area contributed by atoms with Crippen molar-refractivity contribution in [1.29, 1.82) is 0 Å². The molecule has 6 heteroatoms. The summed E-state index contributed by atoms with van der Waals surface area (Å²) in [5, 5.41) is 4.21. The molecule has 2 fully saturated rings. The first kappa shape index (κ1) is 35.3. The van der Waals surface area contributed by atoms with Crippen LogP contribution in [-0.2, 0) is 11.3 Å².